The fraction of sp³-hybridized carbons (Fsp3) is 0.375. The van der Waals surface area contributed by atoms with Crippen LogP contribution in [0.3, 0.4) is 0 Å². The van der Waals surface area contributed by atoms with Crippen LogP contribution >= 0.6 is 0 Å². The van der Waals surface area contributed by atoms with E-state index >= 15 is 0 Å². The van der Waals surface area contributed by atoms with Crippen LogP contribution in [0.15, 0.2) is 54.9 Å². The van der Waals surface area contributed by atoms with E-state index in [2.05, 4.69) is 60.1 Å². The molecule has 1 aliphatic rings. The van der Waals surface area contributed by atoms with Crippen molar-refractivity contribution in [1.29, 1.82) is 0 Å². The quantitative estimate of drug-likeness (QED) is 0.635. The molecule has 3 heterocycles. The number of aromatic nitrogens is 2. The third-order valence-electron chi connectivity index (χ3n) is 6.19. The van der Waals surface area contributed by atoms with Gasteiger partial charge >= 0.3 is 0 Å². The van der Waals surface area contributed by atoms with Crippen molar-refractivity contribution in [2.45, 2.75) is 31.6 Å². The van der Waals surface area contributed by atoms with Gasteiger partial charge in [-0.3, -0.25) is 9.59 Å². The molecule has 7 heteroatoms. The van der Waals surface area contributed by atoms with Crippen molar-refractivity contribution in [3.63, 3.8) is 0 Å². The molecule has 31 heavy (non-hydrogen) atoms. The molecule has 0 bridgehead atoms. The number of benzene rings is 1. The van der Waals surface area contributed by atoms with Crippen molar-refractivity contribution in [2.24, 2.45) is 5.73 Å². The lowest BCUT2D eigenvalue weighted by Gasteiger charge is -2.41. The molecule has 0 atom stereocenters. The number of carbonyl (C=O) groups is 2. The number of hydrogen-bond acceptors (Lipinski definition) is 4. The molecule has 3 aromatic rings. The van der Waals surface area contributed by atoms with Gasteiger partial charge in [0.05, 0.1) is 5.69 Å². The molecular weight excluding hydrogens is 392 g/mol. The van der Waals surface area contributed by atoms with Crippen LogP contribution in [0.5, 0.6) is 0 Å². The molecule has 2 N–H and O–H groups in total. The molecule has 4 rings (SSSR count). The maximum Gasteiger partial charge on any atom is 0.248 e. The predicted molar refractivity (Wildman–Crippen MR) is 118 cm³/mol. The first-order valence-electron chi connectivity index (χ1n) is 10.7. The smallest absolute Gasteiger partial charge is 0.248 e. The number of likely N-dealkylation sites (tertiary alicyclic amines) is 1. The molecule has 1 fully saturated rings. The van der Waals surface area contributed by atoms with E-state index in [0.717, 1.165) is 30.6 Å². The molecule has 0 unspecified atom stereocenters. The predicted octanol–water partition coefficient (Wildman–Crippen LogP) is 2.31. The van der Waals surface area contributed by atoms with E-state index in [1.54, 1.807) is 4.90 Å². The number of rotatable bonds is 7. The lowest BCUT2D eigenvalue weighted by Crippen LogP contribution is -2.47. The maximum absolute atomic E-state index is 12.5. The Hall–Kier alpha value is -3.19. The van der Waals surface area contributed by atoms with Crippen LogP contribution < -0.4 is 5.73 Å². The Labute approximate surface area is 181 Å². The third kappa shape index (κ3) is 4.32. The zero-order chi connectivity index (χ0) is 21.8. The van der Waals surface area contributed by atoms with E-state index in [-0.39, 0.29) is 24.5 Å². The fourth-order valence-electron chi connectivity index (χ4n) is 4.39. The molecule has 1 aromatic carbocycles. The number of ether oxygens (including phenoxy) is 1. The number of pyridine rings is 1. The van der Waals surface area contributed by atoms with Crippen LogP contribution in [-0.4, -0.2) is 52.4 Å². The van der Waals surface area contributed by atoms with Gasteiger partial charge in [-0.15, -0.1) is 0 Å². The zero-order valence-electron chi connectivity index (χ0n) is 17.8. The van der Waals surface area contributed by atoms with Gasteiger partial charge in [0.2, 0.25) is 11.8 Å². The Morgan fingerprint density at radius 2 is 1.87 bits per heavy atom. The average Bonchev–Trinajstić information content (AvgIpc) is 3.23. The Morgan fingerprint density at radius 3 is 2.55 bits per heavy atom. The second-order valence-corrected chi connectivity index (χ2v) is 8.07. The second kappa shape index (κ2) is 8.89. The van der Waals surface area contributed by atoms with E-state index in [1.165, 1.54) is 11.1 Å². The zero-order valence-corrected chi connectivity index (χ0v) is 17.8. The van der Waals surface area contributed by atoms with Gasteiger partial charge in [0, 0.05) is 30.9 Å². The summed E-state index contributed by atoms with van der Waals surface area (Å²) in [5, 5.41) is 0. The van der Waals surface area contributed by atoms with Gasteiger partial charge in [0.25, 0.3) is 0 Å². The molecule has 1 saturated heterocycles. The number of hydrogen-bond donors (Lipinski definition) is 1. The summed E-state index contributed by atoms with van der Waals surface area (Å²) >= 11 is 0. The van der Waals surface area contributed by atoms with Crippen LogP contribution in [0.25, 0.3) is 5.65 Å². The molecule has 0 saturated carbocycles. The molecule has 0 radical (unpaired) electrons. The lowest BCUT2D eigenvalue weighted by molar-refractivity contribution is -0.139. The van der Waals surface area contributed by atoms with Crippen LogP contribution in [0, 0.1) is 0 Å². The molecule has 2 aromatic heterocycles. The third-order valence-corrected chi connectivity index (χ3v) is 6.19. The summed E-state index contributed by atoms with van der Waals surface area (Å²) in [5.74, 6) is -0.696. The SMILES string of the molecule is CCc1ccn2cc(C3(c4ccccc4)CCN(C(=O)COCC(N)=O)CC3)nc2c1. The molecular formula is C24H28N4O3. The molecule has 1 aliphatic heterocycles. The lowest BCUT2D eigenvalue weighted by atomic mass is 9.70. The van der Waals surface area contributed by atoms with Crippen molar-refractivity contribution in [3.05, 3.63) is 71.7 Å². The van der Waals surface area contributed by atoms with E-state index in [0.29, 0.717) is 13.1 Å². The highest BCUT2D eigenvalue weighted by molar-refractivity contribution is 5.79. The maximum atomic E-state index is 12.5. The topological polar surface area (TPSA) is 89.9 Å². The number of aryl methyl sites for hydroxylation is 1. The summed E-state index contributed by atoms with van der Waals surface area (Å²) in [7, 11) is 0. The van der Waals surface area contributed by atoms with E-state index in [9.17, 15) is 9.59 Å². The van der Waals surface area contributed by atoms with E-state index in [4.69, 9.17) is 15.5 Å². The van der Waals surface area contributed by atoms with Gasteiger partial charge < -0.3 is 19.8 Å². The van der Waals surface area contributed by atoms with Crippen LogP contribution in [0.1, 0.15) is 36.6 Å². The van der Waals surface area contributed by atoms with Gasteiger partial charge in [0.15, 0.2) is 0 Å². The van der Waals surface area contributed by atoms with Gasteiger partial charge in [-0.05, 0) is 42.5 Å². The first-order valence-corrected chi connectivity index (χ1v) is 10.7. The van der Waals surface area contributed by atoms with E-state index < -0.39 is 5.91 Å². The van der Waals surface area contributed by atoms with Gasteiger partial charge in [-0.2, -0.15) is 0 Å². The Balaban J connectivity index is 1.60. The minimum atomic E-state index is -0.576. The molecule has 2 amide bonds. The molecule has 0 aliphatic carbocycles. The summed E-state index contributed by atoms with van der Waals surface area (Å²) in [6.45, 7) is 2.97. The van der Waals surface area contributed by atoms with Gasteiger partial charge in [0.1, 0.15) is 18.9 Å². The number of amides is 2. The first-order chi connectivity index (χ1) is 15.0. The number of primary amides is 1. The van der Waals surface area contributed by atoms with Crippen LogP contribution in [0.2, 0.25) is 0 Å². The average molecular weight is 421 g/mol. The Kier molecular flexibility index (Phi) is 6.04. The summed E-state index contributed by atoms with van der Waals surface area (Å²) in [5.41, 5.74) is 9.27. The van der Waals surface area contributed by atoms with Gasteiger partial charge in [-0.25, -0.2) is 4.98 Å². The number of carbonyl (C=O) groups excluding carboxylic acids is 2. The van der Waals surface area contributed by atoms with Gasteiger partial charge in [-0.1, -0.05) is 37.3 Å². The number of nitrogens with two attached hydrogens (primary N) is 1. The summed E-state index contributed by atoms with van der Waals surface area (Å²) in [6, 6.07) is 14.7. The normalized spacial score (nSPS) is 15.8. The summed E-state index contributed by atoms with van der Waals surface area (Å²) < 4.78 is 7.19. The molecule has 162 valence electrons. The first kappa shape index (κ1) is 21.1. The Bertz CT molecular complexity index is 1070. The minimum Gasteiger partial charge on any atom is -0.368 e. The Morgan fingerprint density at radius 1 is 1.13 bits per heavy atom. The highest BCUT2D eigenvalue weighted by atomic mass is 16.5. The van der Waals surface area contributed by atoms with Crippen molar-refractivity contribution in [2.75, 3.05) is 26.3 Å². The van der Waals surface area contributed by atoms with Crippen LogP contribution in [0.4, 0.5) is 0 Å². The number of nitrogens with zero attached hydrogens (tertiary/aromatic N) is 3. The number of piperidine rings is 1. The van der Waals surface area contributed by atoms with Crippen molar-refractivity contribution < 1.29 is 14.3 Å². The summed E-state index contributed by atoms with van der Waals surface area (Å²) in [6.07, 6.45) is 6.69. The van der Waals surface area contributed by atoms with E-state index in [1.807, 2.05) is 6.07 Å². The number of fused-ring (bicyclic) bond motifs is 1. The standard InChI is InChI=1S/C24H28N4O3/c1-2-18-8-11-28-15-20(26-22(28)14-18)24(19-6-4-3-5-7-19)9-12-27(13-10-24)23(30)17-31-16-21(25)29/h3-8,11,14-15H,2,9-10,12-13,16-17H2,1H3,(H2,25,29). The largest absolute Gasteiger partial charge is 0.368 e. The highest BCUT2D eigenvalue weighted by Crippen LogP contribution is 2.41. The van der Waals surface area contributed by atoms with Crippen molar-refractivity contribution in [3.8, 4) is 0 Å². The van der Waals surface area contributed by atoms with Crippen molar-refractivity contribution in [1.82, 2.24) is 14.3 Å². The number of imidazole rings is 1. The second-order valence-electron chi connectivity index (χ2n) is 8.07. The fourth-order valence-corrected chi connectivity index (χ4v) is 4.39. The minimum absolute atomic E-state index is 0.120. The highest BCUT2D eigenvalue weighted by Gasteiger charge is 2.40. The van der Waals surface area contributed by atoms with Crippen molar-refractivity contribution >= 4 is 17.5 Å². The summed E-state index contributed by atoms with van der Waals surface area (Å²) in [4.78, 5) is 30.2. The molecule has 7 nitrogen and oxygen atoms in total. The molecule has 0 spiro atoms. The van der Waals surface area contributed by atoms with Crippen LogP contribution in [-0.2, 0) is 26.2 Å². The monoisotopic (exact) mass is 420 g/mol.